The van der Waals surface area contributed by atoms with E-state index in [-0.39, 0.29) is 5.82 Å². The molecule has 2 aromatic rings. The molecule has 0 spiro atoms. The van der Waals surface area contributed by atoms with E-state index in [0.717, 1.165) is 16.8 Å². The molecule has 108 valence electrons. The van der Waals surface area contributed by atoms with Gasteiger partial charge in [0.25, 0.3) is 0 Å². The van der Waals surface area contributed by atoms with Crippen molar-refractivity contribution < 1.29 is 4.39 Å². The molecule has 0 aromatic heterocycles. The molecule has 0 unspecified atom stereocenters. The lowest BCUT2D eigenvalue weighted by Crippen LogP contribution is -2.24. The Morgan fingerprint density at radius 1 is 1.14 bits per heavy atom. The van der Waals surface area contributed by atoms with Crippen LogP contribution < -0.4 is 10.7 Å². The van der Waals surface area contributed by atoms with Crippen LogP contribution >= 0.6 is 12.2 Å². The van der Waals surface area contributed by atoms with Gasteiger partial charge in [-0.25, -0.2) is 4.39 Å². The molecule has 0 heterocycles. The molecule has 0 aliphatic rings. The molecule has 2 N–H and O–H groups in total. The van der Waals surface area contributed by atoms with Gasteiger partial charge in [0.1, 0.15) is 5.82 Å². The SMILES string of the molecule is Cc1ccc(NC(=S)NN=Cc2ccc(F)cc2)c(C)c1. The molecule has 0 aliphatic heterocycles. The quantitative estimate of drug-likeness (QED) is 0.515. The van der Waals surface area contributed by atoms with Crippen molar-refractivity contribution in [2.75, 3.05) is 5.32 Å². The number of anilines is 1. The highest BCUT2D eigenvalue weighted by Crippen LogP contribution is 2.15. The highest BCUT2D eigenvalue weighted by atomic mass is 32.1. The second-order valence-electron chi connectivity index (χ2n) is 4.69. The van der Waals surface area contributed by atoms with Crippen LogP contribution in [0.2, 0.25) is 0 Å². The number of benzene rings is 2. The Bertz CT molecular complexity index is 666. The van der Waals surface area contributed by atoms with Crippen molar-refractivity contribution in [2.45, 2.75) is 13.8 Å². The molecule has 2 aromatic carbocycles. The Balaban J connectivity index is 1.91. The van der Waals surface area contributed by atoms with Crippen LogP contribution in [0.4, 0.5) is 10.1 Å². The third-order valence-electron chi connectivity index (χ3n) is 2.88. The van der Waals surface area contributed by atoms with Gasteiger partial charge in [0.2, 0.25) is 0 Å². The minimum absolute atomic E-state index is 0.271. The number of halogens is 1. The van der Waals surface area contributed by atoms with Crippen LogP contribution in [0.1, 0.15) is 16.7 Å². The Morgan fingerprint density at radius 3 is 2.52 bits per heavy atom. The first kappa shape index (κ1) is 15.1. The average molecular weight is 301 g/mol. The number of rotatable bonds is 3. The first-order valence-electron chi connectivity index (χ1n) is 6.47. The van der Waals surface area contributed by atoms with Crippen molar-refractivity contribution >= 4 is 29.2 Å². The zero-order valence-electron chi connectivity index (χ0n) is 11.9. The van der Waals surface area contributed by atoms with E-state index >= 15 is 0 Å². The number of aryl methyl sites for hydroxylation is 2. The maximum absolute atomic E-state index is 12.8. The van der Waals surface area contributed by atoms with Crippen LogP contribution in [0.25, 0.3) is 0 Å². The summed E-state index contributed by atoms with van der Waals surface area (Å²) >= 11 is 5.17. The largest absolute Gasteiger partial charge is 0.331 e. The smallest absolute Gasteiger partial charge is 0.191 e. The molecule has 0 amide bonds. The molecule has 0 atom stereocenters. The summed E-state index contributed by atoms with van der Waals surface area (Å²) in [5.74, 6) is -0.271. The van der Waals surface area contributed by atoms with E-state index in [1.165, 1.54) is 17.7 Å². The van der Waals surface area contributed by atoms with Gasteiger partial charge in [-0.05, 0) is 55.4 Å². The maximum atomic E-state index is 12.8. The molecule has 21 heavy (non-hydrogen) atoms. The van der Waals surface area contributed by atoms with Crippen molar-refractivity contribution in [1.29, 1.82) is 0 Å². The fourth-order valence-corrected chi connectivity index (χ4v) is 1.98. The first-order chi connectivity index (χ1) is 10.0. The van der Waals surface area contributed by atoms with Crippen LogP contribution in [-0.2, 0) is 0 Å². The fourth-order valence-electron chi connectivity index (χ4n) is 1.82. The summed E-state index contributed by atoms with van der Waals surface area (Å²) in [5, 5.41) is 7.50. The van der Waals surface area contributed by atoms with Crippen LogP contribution in [0.5, 0.6) is 0 Å². The number of hydrogen-bond donors (Lipinski definition) is 2. The molecular weight excluding hydrogens is 285 g/mol. The molecule has 0 aliphatic carbocycles. The summed E-state index contributed by atoms with van der Waals surface area (Å²) in [7, 11) is 0. The van der Waals surface area contributed by atoms with Gasteiger partial charge < -0.3 is 5.32 Å². The van der Waals surface area contributed by atoms with Gasteiger partial charge in [0, 0.05) is 5.69 Å². The number of hydrazone groups is 1. The second kappa shape index (κ2) is 6.95. The van der Waals surface area contributed by atoms with E-state index in [0.29, 0.717) is 5.11 Å². The van der Waals surface area contributed by atoms with Gasteiger partial charge in [-0.15, -0.1) is 0 Å². The van der Waals surface area contributed by atoms with Crippen LogP contribution in [0.15, 0.2) is 47.6 Å². The van der Waals surface area contributed by atoms with E-state index in [4.69, 9.17) is 12.2 Å². The van der Waals surface area contributed by atoms with Gasteiger partial charge in [-0.2, -0.15) is 5.10 Å². The van der Waals surface area contributed by atoms with Crippen LogP contribution in [0.3, 0.4) is 0 Å². The van der Waals surface area contributed by atoms with E-state index in [1.54, 1.807) is 18.3 Å². The maximum Gasteiger partial charge on any atom is 0.191 e. The molecule has 0 radical (unpaired) electrons. The molecule has 0 bridgehead atoms. The first-order valence-corrected chi connectivity index (χ1v) is 6.88. The van der Waals surface area contributed by atoms with Gasteiger partial charge in [0.15, 0.2) is 5.11 Å². The van der Waals surface area contributed by atoms with Crippen molar-refractivity contribution in [2.24, 2.45) is 5.10 Å². The second-order valence-corrected chi connectivity index (χ2v) is 5.10. The standard InChI is InChI=1S/C16H16FN3S/c1-11-3-8-15(12(2)9-11)19-16(21)20-18-10-13-4-6-14(17)7-5-13/h3-10H,1-2H3,(H2,19,20,21). The van der Waals surface area contributed by atoms with Crippen molar-refractivity contribution in [3.8, 4) is 0 Å². The Morgan fingerprint density at radius 2 is 1.86 bits per heavy atom. The van der Waals surface area contributed by atoms with Crippen LogP contribution in [0, 0.1) is 19.7 Å². The Labute approximate surface area is 128 Å². The van der Waals surface area contributed by atoms with E-state index in [9.17, 15) is 4.39 Å². The van der Waals surface area contributed by atoms with Crippen molar-refractivity contribution in [1.82, 2.24) is 5.43 Å². The fraction of sp³-hybridized carbons (Fsp3) is 0.125. The normalized spacial score (nSPS) is 10.6. The number of nitrogens with one attached hydrogen (secondary N) is 2. The summed E-state index contributed by atoms with van der Waals surface area (Å²) in [6, 6.07) is 12.1. The minimum atomic E-state index is -0.271. The Kier molecular flexibility index (Phi) is 5.00. The summed E-state index contributed by atoms with van der Waals surface area (Å²) in [4.78, 5) is 0. The predicted molar refractivity (Wildman–Crippen MR) is 89.3 cm³/mol. The van der Waals surface area contributed by atoms with Crippen LogP contribution in [-0.4, -0.2) is 11.3 Å². The summed E-state index contributed by atoms with van der Waals surface area (Å²) < 4.78 is 12.8. The lowest BCUT2D eigenvalue weighted by atomic mass is 10.1. The van der Waals surface area contributed by atoms with Crippen molar-refractivity contribution in [3.63, 3.8) is 0 Å². The predicted octanol–water partition coefficient (Wildman–Crippen LogP) is 3.76. The van der Waals surface area contributed by atoms with Crippen molar-refractivity contribution in [3.05, 3.63) is 65.0 Å². The van der Waals surface area contributed by atoms with E-state index < -0.39 is 0 Å². The van der Waals surface area contributed by atoms with E-state index in [2.05, 4.69) is 21.9 Å². The minimum Gasteiger partial charge on any atom is -0.331 e. The van der Waals surface area contributed by atoms with E-state index in [1.807, 2.05) is 26.0 Å². The molecule has 2 rings (SSSR count). The zero-order chi connectivity index (χ0) is 15.2. The molecule has 5 heteroatoms. The third kappa shape index (κ3) is 4.65. The molecular formula is C16H16FN3S. The summed E-state index contributed by atoms with van der Waals surface area (Å²) in [6.45, 7) is 4.06. The zero-order valence-corrected chi connectivity index (χ0v) is 12.7. The average Bonchev–Trinajstić information content (AvgIpc) is 2.44. The van der Waals surface area contributed by atoms with Gasteiger partial charge in [-0.3, -0.25) is 5.43 Å². The number of thiocarbonyl (C=S) groups is 1. The molecule has 0 fully saturated rings. The van der Waals surface area contributed by atoms with Gasteiger partial charge in [0.05, 0.1) is 6.21 Å². The lowest BCUT2D eigenvalue weighted by molar-refractivity contribution is 0.628. The van der Waals surface area contributed by atoms with Gasteiger partial charge >= 0.3 is 0 Å². The Hall–Kier alpha value is -2.27. The highest BCUT2D eigenvalue weighted by molar-refractivity contribution is 7.80. The third-order valence-corrected chi connectivity index (χ3v) is 3.07. The molecule has 0 saturated heterocycles. The summed E-state index contributed by atoms with van der Waals surface area (Å²) in [5.41, 5.74) is 6.77. The number of hydrogen-bond acceptors (Lipinski definition) is 2. The molecule has 0 saturated carbocycles. The van der Waals surface area contributed by atoms with Gasteiger partial charge in [-0.1, -0.05) is 29.8 Å². The summed E-state index contributed by atoms with van der Waals surface area (Å²) in [6.07, 6.45) is 1.58. The lowest BCUT2D eigenvalue weighted by Gasteiger charge is -2.10. The number of nitrogens with zero attached hydrogens (tertiary/aromatic N) is 1. The topological polar surface area (TPSA) is 36.4 Å². The monoisotopic (exact) mass is 301 g/mol. The molecule has 3 nitrogen and oxygen atoms in total. The highest BCUT2D eigenvalue weighted by Gasteiger charge is 2.00.